The Morgan fingerprint density at radius 2 is 2.15 bits per heavy atom. The molecule has 2 N–H and O–H groups in total. The fourth-order valence-corrected chi connectivity index (χ4v) is 3.00. The van der Waals surface area contributed by atoms with Crippen molar-refractivity contribution in [2.75, 3.05) is 11.1 Å². The number of rotatable bonds is 6. The highest BCUT2D eigenvalue weighted by atomic mass is 32.1. The number of hydrogen-bond donors (Lipinski definition) is 3. The van der Waals surface area contributed by atoms with Crippen molar-refractivity contribution in [2.45, 2.75) is 19.4 Å². The first kappa shape index (κ1) is 14.9. The van der Waals surface area contributed by atoms with Crippen LogP contribution in [0.3, 0.4) is 0 Å². The highest BCUT2D eigenvalue weighted by Crippen LogP contribution is 2.30. The van der Waals surface area contributed by atoms with Crippen molar-refractivity contribution >= 4 is 35.1 Å². The molecule has 0 saturated heterocycles. The van der Waals surface area contributed by atoms with Crippen LogP contribution in [0.5, 0.6) is 0 Å². The number of thiazole rings is 1. The molecule has 0 bridgehead atoms. The van der Waals surface area contributed by atoms with Crippen LogP contribution in [0.25, 0.3) is 11.3 Å². The molecule has 1 aromatic carbocycles. The Morgan fingerprint density at radius 1 is 1.45 bits per heavy atom. The number of aliphatic carboxylic acids is 1. The molecule has 0 fully saturated rings. The normalized spacial score (nSPS) is 12.1. The van der Waals surface area contributed by atoms with Crippen LogP contribution >= 0.6 is 24.0 Å². The first-order chi connectivity index (χ1) is 9.61. The Labute approximate surface area is 127 Å². The number of anilines is 1. The van der Waals surface area contributed by atoms with E-state index in [-0.39, 0.29) is 0 Å². The lowest BCUT2D eigenvalue weighted by Crippen LogP contribution is -2.29. The fourth-order valence-electron chi connectivity index (χ4n) is 1.86. The van der Waals surface area contributed by atoms with E-state index in [2.05, 4.69) is 22.9 Å². The molecule has 0 aliphatic heterocycles. The largest absolute Gasteiger partial charge is 0.480 e. The molecule has 0 spiro atoms. The summed E-state index contributed by atoms with van der Waals surface area (Å²) >= 11 is 5.55. The van der Waals surface area contributed by atoms with Gasteiger partial charge in [-0.1, -0.05) is 30.3 Å². The standard InChI is InChI=1S/C14H16N2O2S2/c1-9-12(10-5-3-2-4-6-10)16-14(20-9)15-11(7-8-19)13(17)18/h2-6,11,19H,7-8H2,1H3,(H,15,16)(H,17,18)/t11-/m0/s1. The number of aryl methyl sites for hydroxylation is 1. The summed E-state index contributed by atoms with van der Waals surface area (Å²) in [5.74, 6) is -0.368. The maximum Gasteiger partial charge on any atom is 0.326 e. The number of nitrogens with zero attached hydrogens (tertiary/aromatic N) is 1. The van der Waals surface area contributed by atoms with Crippen molar-refractivity contribution in [1.82, 2.24) is 4.98 Å². The molecule has 4 nitrogen and oxygen atoms in total. The average molecular weight is 308 g/mol. The number of carboxylic acid groups (broad SMARTS) is 1. The van der Waals surface area contributed by atoms with Crippen molar-refractivity contribution in [3.8, 4) is 11.3 Å². The predicted molar refractivity (Wildman–Crippen MR) is 85.8 cm³/mol. The van der Waals surface area contributed by atoms with Crippen LogP contribution in [0.2, 0.25) is 0 Å². The second-order valence-electron chi connectivity index (χ2n) is 4.34. The topological polar surface area (TPSA) is 62.2 Å². The van der Waals surface area contributed by atoms with Crippen molar-refractivity contribution < 1.29 is 9.90 Å². The first-order valence-corrected chi connectivity index (χ1v) is 7.69. The Kier molecular flexibility index (Phi) is 5.03. The number of hydrogen-bond acceptors (Lipinski definition) is 5. The van der Waals surface area contributed by atoms with Crippen LogP contribution in [-0.2, 0) is 4.79 Å². The summed E-state index contributed by atoms with van der Waals surface area (Å²) in [6.45, 7) is 1.99. The highest BCUT2D eigenvalue weighted by molar-refractivity contribution is 7.80. The van der Waals surface area contributed by atoms with Gasteiger partial charge in [-0.3, -0.25) is 0 Å². The highest BCUT2D eigenvalue weighted by Gasteiger charge is 2.18. The van der Waals surface area contributed by atoms with Crippen LogP contribution < -0.4 is 5.32 Å². The third-order valence-corrected chi connectivity index (χ3v) is 4.02. The van der Waals surface area contributed by atoms with Gasteiger partial charge in [-0.15, -0.1) is 11.3 Å². The monoisotopic (exact) mass is 308 g/mol. The lowest BCUT2D eigenvalue weighted by molar-refractivity contribution is -0.137. The van der Waals surface area contributed by atoms with E-state index >= 15 is 0 Å². The van der Waals surface area contributed by atoms with Gasteiger partial charge in [0.1, 0.15) is 6.04 Å². The van der Waals surface area contributed by atoms with Crippen LogP contribution in [0.15, 0.2) is 30.3 Å². The van der Waals surface area contributed by atoms with Gasteiger partial charge in [-0.05, 0) is 19.1 Å². The van der Waals surface area contributed by atoms with E-state index in [1.54, 1.807) is 0 Å². The minimum Gasteiger partial charge on any atom is -0.480 e. The summed E-state index contributed by atoms with van der Waals surface area (Å²) in [6, 6.07) is 9.21. The summed E-state index contributed by atoms with van der Waals surface area (Å²) in [6.07, 6.45) is 0.456. The van der Waals surface area contributed by atoms with E-state index < -0.39 is 12.0 Å². The molecule has 1 aromatic heterocycles. The molecule has 0 aliphatic carbocycles. The Hall–Kier alpha value is -1.53. The molecule has 20 heavy (non-hydrogen) atoms. The van der Waals surface area contributed by atoms with E-state index in [1.807, 2.05) is 37.3 Å². The van der Waals surface area contributed by atoms with Crippen LogP contribution in [0, 0.1) is 6.92 Å². The van der Waals surface area contributed by atoms with Gasteiger partial charge in [0.2, 0.25) is 0 Å². The van der Waals surface area contributed by atoms with E-state index in [0.29, 0.717) is 17.3 Å². The van der Waals surface area contributed by atoms with Gasteiger partial charge in [0.25, 0.3) is 0 Å². The van der Waals surface area contributed by atoms with Crippen molar-refractivity contribution in [3.63, 3.8) is 0 Å². The second kappa shape index (κ2) is 6.76. The van der Waals surface area contributed by atoms with E-state index in [0.717, 1.165) is 16.1 Å². The van der Waals surface area contributed by atoms with Gasteiger partial charge in [0, 0.05) is 10.4 Å². The molecule has 1 atom stereocenters. The van der Waals surface area contributed by atoms with Gasteiger partial charge < -0.3 is 10.4 Å². The molecule has 6 heteroatoms. The second-order valence-corrected chi connectivity index (χ2v) is 5.99. The molecule has 2 aromatic rings. The van der Waals surface area contributed by atoms with Crippen LogP contribution in [0.4, 0.5) is 5.13 Å². The van der Waals surface area contributed by atoms with Crippen LogP contribution in [-0.4, -0.2) is 27.9 Å². The minimum atomic E-state index is -0.881. The number of nitrogens with one attached hydrogen (secondary N) is 1. The molecule has 2 rings (SSSR count). The first-order valence-electron chi connectivity index (χ1n) is 6.25. The molecular formula is C14H16N2O2S2. The number of benzene rings is 1. The van der Waals surface area contributed by atoms with Crippen molar-refractivity contribution in [2.24, 2.45) is 0 Å². The quantitative estimate of drug-likeness (QED) is 0.717. The summed E-state index contributed by atoms with van der Waals surface area (Å²) in [5, 5.41) is 12.7. The molecule has 106 valence electrons. The zero-order valence-corrected chi connectivity index (χ0v) is 12.7. The maximum atomic E-state index is 11.1. The zero-order chi connectivity index (χ0) is 14.5. The van der Waals surface area contributed by atoms with E-state index in [4.69, 9.17) is 5.11 Å². The number of thiol groups is 1. The minimum absolute atomic E-state index is 0.456. The number of carbonyl (C=O) groups is 1. The van der Waals surface area contributed by atoms with Gasteiger partial charge in [-0.25, -0.2) is 9.78 Å². The maximum absolute atomic E-state index is 11.1. The molecule has 0 unspecified atom stereocenters. The summed E-state index contributed by atoms with van der Waals surface area (Å²) in [4.78, 5) is 16.7. The molecular weight excluding hydrogens is 292 g/mol. The summed E-state index contributed by atoms with van der Waals surface area (Å²) in [7, 11) is 0. The smallest absolute Gasteiger partial charge is 0.326 e. The Morgan fingerprint density at radius 3 is 2.75 bits per heavy atom. The molecule has 0 saturated carbocycles. The SMILES string of the molecule is Cc1sc(N[C@@H](CCS)C(=O)O)nc1-c1ccccc1. The Bertz CT molecular complexity index is 584. The van der Waals surface area contributed by atoms with Crippen molar-refractivity contribution in [3.05, 3.63) is 35.2 Å². The third-order valence-electron chi connectivity index (χ3n) is 2.86. The lowest BCUT2D eigenvalue weighted by atomic mass is 10.1. The zero-order valence-electron chi connectivity index (χ0n) is 11.0. The fraction of sp³-hybridized carbons (Fsp3) is 0.286. The number of carboxylic acids is 1. The summed E-state index contributed by atoms with van der Waals surface area (Å²) in [5.41, 5.74) is 1.93. The number of aromatic nitrogens is 1. The average Bonchev–Trinajstić information content (AvgIpc) is 2.80. The predicted octanol–water partition coefficient (Wildman–Crippen LogP) is 3.30. The molecule has 1 heterocycles. The Balaban J connectivity index is 2.21. The van der Waals surface area contributed by atoms with E-state index in [9.17, 15) is 4.79 Å². The van der Waals surface area contributed by atoms with Gasteiger partial charge in [0.15, 0.2) is 5.13 Å². The van der Waals surface area contributed by atoms with Gasteiger partial charge >= 0.3 is 5.97 Å². The van der Waals surface area contributed by atoms with Crippen molar-refractivity contribution in [1.29, 1.82) is 0 Å². The molecule has 0 amide bonds. The van der Waals surface area contributed by atoms with Crippen LogP contribution in [0.1, 0.15) is 11.3 Å². The molecule has 0 radical (unpaired) electrons. The van der Waals surface area contributed by atoms with Gasteiger partial charge in [0.05, 0.1) is 5.69 Å². The summed E-state index contributed by atoms with van der Waals surface area (Å²) < 4.78 is 0. The third kappa shape index (κ3) is 3.52. The lowest BCUT2D eigenvalue weighted by Gasteiger charge is -2.11. The molecule has 0 aliphatic rings. The van der Waals surface area contributed by atoms with Gasteiger partial charge in [-0.2, -0.15) is 12.6 Å². The van der Waals surface area contributed by atoms with E-state index in [1.165, 1.54) is 11.3 Å².